The normalized spacial score (nSPS) is 11.3. The van der Waals surface area contributed by atoms with Crippen molar-refractivity contribution in [3.8, 4) is 11.3 Å². The molecule has 102 valence electrons. The fourth-order valence-electron chi connectivity index (χ4n) is 2.18. The summed E-state index contributed by atoms with van der Waals surface area (Å²) >= 11 is 0. The molecular weight excluding hydrogens is 256 g/mol. The fourth-order valence-corrected chi connectivity index (χ4v) is 2.18. The number of H-pyrrole nitrogens is 1. The number of aromatic nitrogens is 4. The second-order valence-corrected chi connectivity index (χ2v) is 4.89. The lowest BCUT2D eigenvalue weighted by atomic mass is 10.1. The van der Waals surface area contributed by atoms with Gasteiger partial charge in [-0.3, -0.25) is 4.68 Å². The molecule has 0 radical (unpaired) electrons. The maximum atomic E-state index is 11.3. The zero-order chi connectivity index (χ0) is 14.3. The fraction of sp³-hybridized carbons (Fsp3) is 0.214. The number of aromatic carboxylic acids is 1. The Morgan fingerprint density at radius 2 is 2.15 bits per heavy atom. The van der Waals surface area contributed by atoms with Crippen LogP contribution in [0.4, 0.5) is 0 Å². The number of carboxylic acids is 1. The molecule has 20 heavy (non-hydrogen) atoms. The van der Waals surface area contributed by atoms with E-state index in [9.17, 15) is 9.90 Å². The monoisotopic (exact) mass is 270 g/mol. The number of benzene rings is 1. The van der Waals surface area contributed by atoms with Crippen LogP contribution >= 0.6 is 0 Å². The largest absolute Gasteiger partial charge is 0.477 e. The number of carbonyl (C=O) groups is 1. The maximum absolute atomic E-state index is 11.3. The van der Waals surface area contributed by atoms with E-state index in [2.05, 4.69) is 15.1 Å². The van der Waals surface area contributed by atoms with Crippen molar-refractivity contribution in [1.29, 1.82) is 0 Å². The molecule has 0 saturated carbocycles. The predicted octanol–water partition coefficient (Wildman–Crippen LogP) is 2.71. The Balaban J connectivity index is 2.13. The molecule has 0 aliphatic heterocycles. The summed E-state index contributed by atoms with van der Waals surface area (Å²) in [5, 5.41) is 13.6. The van der Waals surface area contributed by atoms with Crippen LogP contribution in [0.15, 0.2) is 30.6 Å². The van der Waals surface area contributed by atoms with E-state index >= 15 is 0 Å². The minimum atomic E-state index is -0.972. The molecule has 0 amide bonds. The third-order valence-corrected chi connectivity index (χ3v) is 3.16. The summed E-state index contributed by atoms with van der Waals surface area (Å²) in [5.41, 5.74) is 3.48. The number of nitrogens with zero attached hydrogens (tertiary/aromatic N) is 3. The van der Waals surface area contributed by atoms with Gasteiger partial charge >= 0.3 is 5.97 Å². The molecule has 2 N–H and O–H groups in total. The van der Waals surface area contributed by atoms with Crippen LogP contribution in [-0.4, -0.2) is 30.8 Å². The van der Waals surface area contributed by atoms with Gasteiger partial charge in [-0.1, -0.05) is 6.07 Å². The second-order valence-electron chi connectivity index (χ2n) is 4.89. The van der Waals surface area contributed by atoms with Crippen LogP contribution in [0.2, 0.25) is 0 Å². The number of rotatable bonds is 3. The minimum absolute atomic E-state index is 0.00858. The summed E-state index contributed by atoms with van der Waals surface area (Å²) in [5.74, 6) is -0.972. The molecule has 0 atom stereocenters. The third-order valence-electron chi connectivity index (χ3n) is 3.16. The Bertz CT molecular complexity index is 785. The van der Waals surface area contributed by atoms with Crippen LogP contribution in [0, 0.1) is 0 Å². The highest BCUT2D eigenvalue weighted by Crippen LogP contribution is 2.24. The average molecular weight is 270 g/mol. The Hall–Kier alpha value is -2.63. The lowest BCUT2D eigenvalue weighted by molar-refractivity contribution is 0.0681. The van der Waals surface area contributed by atoms with E-state index in [4.69, 9.17) is 0 Å². The van der Waals surface area contributed by atoms with Gasteiger partial charge in [-0.25, -0.2) is 9.78 Å². The number of hydrogen-bond acceptors (Lipinski definition) is 3. The molecule has 0 unspecified atom stereocenters. The summed E-state index contributed by atoms with van der Waals surface area (Å²) < 4.78 is 1.52. The van der Waals surface area contributed by atoms with Crippen LogP contribution in [0.5, 0.6) is 0 Å². The summed E-state index contributed by atoms with van der Waals surface area (Å²) in [6.07, 6.45) is 1.63. The van der Waals surface area contributed by atoms with Crippen molar-refractivity contribution in [3.05, 3.63) is 36.3 Å². The van der Waals surface area contributed by atoms with Gasteiger partial charge in [0.2, 0.25) is 0 Å². The summed E-state index contributed by atoms with van der Waals surface area (Å²) in [6.45, 7) is 3.81. The van der Waals surface area contributed by atoms with Crippen molar-refractivity contribution in [1.82, 2.24) is 19.7 Å². The van der Waals surface area contributed by atoms with Crippen molar-refractivity contribution < 1.29 is 9.90 Å². The predicted molar refractivity (Wildman–Crippen MR) is 74.7 cm³/mol. The first kappa shape index (κ1) is 12.4. The molecule has 1 aromatic carbocycles. The Kier molecular flexibility index (Phi) is 2.78. The minimum Gasteiger partial charge on any atom is -0.477 e. The van der Waals surface area contributed by atoms with Gasteiger partial charge in [-0.15, -0.1) is 0 Å². The van der Waals surface area contributed by atoms with Crippen LogP contribution in [-0.2, 0) is 0 Å². The molecule has 0 fully saturated rings. The van der Waals surface area contributed by atoms with E-state index in [0.717, 1.165) is 16.6 Å². The van der Waals surface area contributed by atoms with Crippen LogP contribution in [0.25, 0.3) is 22.3 Å². The Labute approximate surface area is 115 Å². The lowest BCUT2D eigenvalue weighted by Crippen LogP contribution is -2.11. The zero-order valence-electron chi connectivity index (χ0n) is 11.2. The van der Waals surface area contributed by atoms with E-state index in [0.29, 0.717) is 5.69 Å². The van der Waals surface area contributed by atoms with Gasteiger partial charge in [0.1, 0.15) is 5.69 Å². The molecule has 0 aliphatic rings. The van der Waals surface area contributed by atoms with Crippen LogP contribution in [0.3, 0.4) is 0 Å². The highest BCUT2D eigenvalue weighted by Gasteiger charge is 2.17. The van der Waals surface area contributed by atoms with Gasteiger partial charge in [0.15, 0.2) is 0 Å². The van der Waals surface area contributed by atoms with Crippen molar-refractivity contribution >= 4 is 17.0 Å². The van der Waals surface area contributed by atoms with Gasteiger partial charge in [0.05, 0.1) is 23.1 Å². The van der Waals surface area contributed by atoms with E-state index in [-0.39, 0.29) is 11.7 Å². The smallest absolute Gasteiger partial charge is 0.354 e. The van der Waals surface area contributed by atoms with Crippen molar-refractivity contribution in [2.45, 2.75) is 19.9 Å². The van der Waals surface area contributed by atoms with E-state index in [1.54, 1.807) is 12.4 Å². The number of carboxylic acid groups (broad SMARTS) is 1. The number of imidazole rings is 1. The number of nitrogens with one attached hydrogen (secondary N) is 1. The maximum Gasteiger partial charge on any atom is 0.354 e. The summed E-state index contributed by atoms with van der Waals surface area (Å²) in [4.78, 5) is 18.5. The molecule has 0 bridgehead atoms. The number of fused-ring (bicyclic) bond motifs is 1. The van der Waals surface area contributed by atoms with E-state index < -0.39 is 5.97 Å². The molecule has 0 saturated heterocycles. The van der Waals surface area contributed by atoms with E-state index in [1.165, 1.54) is 4.68 Å². The molecule has 2 heterocycles. The van der Waals surface area contributed by atoms with Crippen molar-refractivity contribution in [2.75, 3.05) is 0 Å². The highest BCUT2D eigenvalue weighted by atomic mass is 16.4. The van der Waals surface area contributed by atoms with Gasteiger partial charge in [-0.05, 0) is 32.0 Å². The summed E-state index contributed by atoms with van der Waals surface area (Å²) in [6, 6.07) is 7.28. The Morgan fingerprint density at radius 3 is 2.80 bits per heavy atom. The first-order valence-corrected chi connectivity index (χ1v) is 6.32. The first-order chi connectivity index (χ1) is 9.56. The van der Waals surface area contributed by atoms with Gasteiger partial charge in [-0.2, -0.15) is 5.10 Å². The number of aromatic amines is 1. The van der Waals surface area contributed by atoms with E-state index in [1.807, 2.05) is 32.0 Å². The molecule has 3 rings (SSSR count). The molecule has 6 nitrogen and oxygen atoms in total. The number of hydrogen-bond donors (Lipinski definition) is 2. The molecule has 2 aromatic heterocycles. The molecule has 0 aliphatic carbocycles. The molecule has 6 heteroatoms. The van der Waals surface area contributed by atoms with Gasteiger partial charge in [0, 0.05) is 11.6 Å². The second kappa shape index (κ2) is 4.48. The topological polar surface area (TPSA) is 83.8 Å². The highest BCUT2D eigenvalue weighted by molar-refractivity contribution is 5.88. The SMILES string of the molecule is CC(C)n1nc(-c2ccc3nc[nH]c3c2)cc1C(=O)O. The zero-order valence-corrected chi connectivity index (χ0v) is 11.2. The molecule has 3 aromatic rings. The third kappa shape index (κ3) is 1.95. The lowest BCUT2D eigenvalue weighted by Gasteiger charge is -2.07. The first-order valence-electron chi connectivity index (χ1n) is 6.32. The molecular formula is C14H14N4O2. The summed E-state index contributed by atoms with van der Waals surface area (Å²) in [7, 11) is 0. The quantitative estimate of drug-likeness (QED) is 0.766. The van der Waals surface area contributed by atoms with Crippen LogP contribution < -0.4 is 0 Å². The van der Waals surface area contributed by atoms with Crippen molar-refractivity contribution in [3.63, 3.8) is 0 Å². The van der Waals surface area contributed by atoms with Crippen molar-refractivity contribution in [2.24, 2.45) is 0 Å². The van der Waals surface area contributed by atoms with Gasteiger partial charge < -0.3 is 10.1 Å². The van der Waals surface area contributed by atoms with Crippen LogP contribution in [0.1, 0.15) is 30.4 Å². The average Bonchev–Trinajstić information content (AvgIpc) is 3.04. The Morgan fingerprint density at radius 1 is 1.35 bits per heavy atom. The standard InChI is InChI=1S/C14H14N4O2/c1-8(2)18-13(14(19)20)6-11(17-18)9-3-4-10-12(5-9)16-7-15-10/h3-8H,1-2H3,(H,15,16)(H,19,20). The molecule has 0 spiro atoms. The van der Waals surface area contributed by atoms with Gasteiger partial charge in [0.25, 0.3) is 0 Å².